The Labute approximate surface area is 144 Å². The van der Waals surface area contributed by atoms with E-state index in [-0.39, 0.29) is 11.5 Å². The Morgan fingerprint density at radius 2 is 2.42 bits per heavy atom. The molecule has 0 aromatic carbocycles. The van der Waals surface area contributed by atoms with Crippen molar-refractivity contribution in [3.63, 3.8) is 0 Å². The molecule has 24 heavy (non-hydrogen) atoms. The number of ether oxygens (including phenoxy) is 1. The van der Waals surface area contributed by atoms with E-state index in [1.165, 1.54) is 23.8 Å². The fourth-order valence-corrected chi connectivity index (χ4v) is 4.57. The SMILES string of the molecule is CC(=O)Nc1ncc(CN2CC3(CC2C)OCc2cccnc23)s1. The Bertz CT molecular complexity index is 777. The van der Waals surface area contributed by atoms with E-state index in [9.17, 15) is 4.79 Å². The van der Waals surface area contributed by atoms with Crippen molar-refractivity contribution in [3.8, 4) is 0 Å². The van der Waals surface area contributed by atoms with Gasteiger partial charge in [-0.2, -0.15) is 0 Å². The number of carbonyl (C=O) groups is 1. The third kappa shape index (κ3) is 2.72. The molecule has 4 rings (SSSR count). The molecule has 2 aliphatic rings. The molecule has 2 aliphatic heterocycles. The molecule has 126 valence electrons. The fraction of sp³-hybridized carbons (Fsp3) is 0.471. The summed E-state index contributed by atoms with van der Waals surface area (Å²) in [5.41, 5.74) is 2.03. The number of anilines is 1. The molecule has 4 heterocycles. The van der Waals surface area contributed by atoms with Gasteiger partial charge in [-0.15, -0.1) is 11.3 Å². The van der Waals surface area contributed by atoms with Crippen LogP contribution in [-0.2, 0) is 28.3 Å². The zero-order valence-corrected chi connectivity index (χ0v) is 14.6. The smallest absolute Gasteiger partial charge is 0.223 e. The Morgan fingerprint density at radius 3 is 3.25 bits per heavy atom. The average Bonchev–Trinajstić information content (AvgIpc) is 3.21. The number of hydrogen-bond donors (Lipinski definition) is 1. The van der Waals surface area contributed by atoms with Gasteiger partial charge in [-0.3, -0.25) is 14.7 Å². The van der Waals surface area contributed by atoms with Crippen LogP contribution in [0, 0.1) is 0 Å². The van der Waals surface area contributed by atoms with Crippen LogP contribution in [0.4, 0.5) is 5.13 Å². The summed E-state index contributed by atoms with van der Waals surface area (Å²) in [5.74, 6) is -0.0913. The van der Waals surface area contributed by atoms with Crippen molar-refractivity contribution in [2.24, 2.45) is 0 Å². The standard InChI is InChI=1S/C17H20N4O2S/c1-11-6-17(15-13(9-23-17)4-3-5-18-15)10-21(11)8-14-7-19-16(24-14)20-12(2)22/h3-5,7,11H,6,8-10H2,1-2H3,(H,19,20,22). The van der Waals surface area contributed by atoms with Crippen molar-refractivity contribution in [3.05, 3.63) is 40.7 Å². The summed E-state index contributed by atoms with van der Waals surface area (Å²) >= 11 is 1.53. The third-order valence-electron chi connectivity index (χ3n) is 4.73. The second-order valence-electron chi connectivity index (χ2n) is 6.57. The van der Waals surface area contributed by atoms with E-state index < -0.39 is 0 Å². The number of carbonyl (C=O) groups excluding carboxylic acids is 1. The minimum Gasteiger partial charge on any atom is -0.363 e. The zero-order chi connectivity index (χ0) is 16.7. The van der Waals surface area contributed by atoms with E-state index in [1.807, 2.05) is 18.5 Å². The summed E-state index contributed by atoms with van der Waals surface area (Å²) in [6, 6.07) is 4.48. The number of hydrogen-bond acceptors (Lipinski definition) is 6. The minimum absolute atomic E-state index is 0.0913. The first kappa shape index (κ1) is 15.7. The largest absolute Gasteiger partial charge is 0.363 e. The summed E-state index contributed by atoms with van der Waals surface area (Å²) in [6.07, 6.45) is 4.65. The van der Waals surface area contributed by atoms with Crippen LogP contribution in [0.3, 0.4) is 0 Å². The van der Waals surface area contributed by atoms with Gasteiger partial charge in [0.1, 0.15) is 5.60 Å². The first-order valence-electron chi connectivity index (χ1n) is 8.10. The molecule has 1 N–H and O–H groups in total. The molecule has 2 unspecified atom stereocenters. The highest BCUT2D eigenvalue weighted by Gasteiger charge is 2.49. The van der Waals surface area contributed by atoms with Crippen LogP contribution in [-0.4, -0.2) is 33.4 Å². The number of thiazole rings is 1. The molecule has 0 saturated carbocycles. The van der Waals surface area contributed by atoms with Crippen molar-refractivity contribution in [2.75, 3.05) is 11.9 Å². The van der Waals surface area contributed by atoms with Gasteiger partial charge in [0, 0.05) is 48.9 Å². The van der Waals surface area contributed by atoms with Gasteiger partial charge < -0.3 is 10.1 Å². The highest BCUT2D eigenvalue weighted by atomic mass is 32.1. The molecular weight excluding hydrogens is 324 g/mol. The lowest BCUT2D eigenvalue weighted by Crippen LogP contribution is -2.31. The lowest BCUT2D eigenvalue weighted by Gasteiger charge is -2.23. The molecule has 6 nitrogen and oxygen atoms in total. The lowest BCUT2D eigenvalue weighted by molar-refractivity contribution is -0.114. The predicted octanol–water partition coefficient (Wildman–Crippen LogP) is 2.52. The van der Waals surface area contributed by atoms with Crippen LogP contribution in [0.15, 0.2) is 24.5 Å². The molecule has 1 saturated heterocycles. The normalized spacial score (nSPS) is 26.0. The van der Waals surface area contributed by atoms with Crippen LogP contribution in [0.25, 0.3) is 0 Å². The second kappa shape index (κ2) is 5.91. The van der Waals surface area contributed by atoms with Crippen LogP contribution < -0.4 is 5.32 Å². The van der Waals surface area contributed by atoms with Crippen LogP contribution >= 0.6 is 11.3 Å². The van der Waals surface area contributed by atoms with Gasteiger partial charge in [-0.05, 0) is 19.4 Å². The minimum atomic E-state index is -0.277. The van der Waals surface area contributed by atoms with E-state index in [1.54, 1.807) is 0 Å². The number of aromatic nitrogens is 2. The second-order valence-corrected chi connectivity index (χ2v) is 7.68. The summed E-state index contributed by atoms with van der Waals surface area (Å²) in [7, 11) is 0. The van der Waals surface area contributed by atoms with Crippen molar-refractivity contribution in [1.82, 2.24) is 14.9 Å². The summed E-state index contributed by atoms with van der Waals surface area (Å²) in [5, 5.41) is 3.39. The molecule has 0 bridgehead atoms. The Balaban J connectivity index is 1.50. The first-order valence-corrected chi connectivity index (χ1v) is 8.92. The van der Waals surface area contributed by atoms with Gasteiger partial charge in [-0.1, -0.05) is 6.07 Å². The summed E-state index contributed by atoms with van der Waals surface area (Å²) < 4.78 is 6.19. The number of rotatable bonds is 3. The maximum atomic E-state index is 11.1. The van der Waals surface area contributed by atoms with Crippen molar-refractivity contribution < 1.29 is 9.53 Å². The van der Waals surface area contributed by atoms with Crippen LogP contribution in [0.2, 0.25) is 0 Å². The Kier molecular flexibility index (Phi) is 3.86. The quantitative estimate of drug-likeness (QED) is 0.927. The van der Waals surface area contributed by atoms with Gasteiger partial charge in [0.25, 0.3) is 0 Å². The lowest BCUT2D eigenvalue weighted by atomic mass is 9.95. The summed E-state index contributed by atoms with van der Waals surface area (Å²) in [6.45, 7) is 6.03. The van der Waals surface area contributed by atoms with Crippen LogP contribution in [0.5, 0.6) is 0 Å². The highest BCUT2D eigenvalue weighted by Crippen LogP contribution is 2.45. The highest BCUT2D eigenvalue weighted by molar-refractivity contribution is 7.15. The maximum absolute atomic E-state index is 11.1. The molecule has 7 heteroatoms. The molecule has 0 radical (unpaired) electrons. The molecular formula is C17H20N4O2S. The van der Waals surface area contributed by atoms with Crippen molar-refractivity contribution in [2.45, 2.75) is 45.1 Å². The molecule has 1 spiro atoms. The van der Waals surface area contributed by atoms with Crippen LogP contribution in [0.1, 0.15) is 36.4 Å². The molecule has 2 atom stereocenters. The molecule has 0 aliphatic carbocycles. The number of nitrogens with zero attached hydrogens (tertiary/aromatic N) is 3. The fourth-order valence-electron chi connectivity index (χ4n) is 3.68. The maximum Gasteiger partial charge on any atom is 0.223 e. The average molecular weight is 344 g/mol. The van der Waals surface area contributed by atoms with E-state index >= 15 is 0 Å². The number of nitrogens with one attached hydrogen (secondary N) is 1. The van der Waals surface area contributed by atoms with E-state index in [4.69, 9.17) is 4.74 Å². The van der Waals surface area contributed by atoms with Gasteiger partial charge in [-0.25, -0.2) is 4.98 Å². The van der Waals surface area contributed by atoms with Crippen molar-refractivity contribution in [1.29, 1.82) is 0 Å². The van der Waals surface area contributed by atoms with Gasteiger partial charge >= 0.3 is 0 Å². The molecule has 1 fully saturated rings. The van der Waals surface area contributed by atoms with Gasteiger partial charge in [0.15, 0.2) is 5.13 Å². The van der Waals surface area contributed by atoms with E-state index in [2.05, 4.69) is 33.2 Å². The predicted molar refractivity (Wildman–Crippen MR) is 91.6 cm³/mol. The topological polar surface area (TPSA) is 67.4 Å². The molecule has 2 aromatic rings. The zero-order valence-electron chi connectivity index (χ0n) is 13.8. The Hall–Kier alpha value is -1.83. The van der Waals surface area contributed by atoms with Gasteiger partial charge in [0.2, 0.25) is 5.91 Å². The van der Waals surface area contributed by atoms with E-state index in [0.717, 1.165) is 30.1 Å². The summed E-state index contributed by atoms with van der Waals surface area (Å²) in [4.78, 5) is 23.5. The number of fused-ring (bicyclic) bond motifs is 2. The number of pyridine rings is 1. The van der Waals surface area contributed by atoms with Crippen molar-refractivity contribution >= 4 is 22.4 Å². The first-order chi connectivity index (χ1) is 11.6. The number of amides is 1. The van der Waals surface area contributed by atoms with E-state index in [0.29, 0.717) is 17.8 Å². The Morgan fingerprint density at radius 1 is 1.54 bits per heavy atom. The molecule has 2 aromatic heterocycles. The number of likely N-dealkylation sites (tertiary alicyclic amines) is 1. The monoisotopic (exact) mass is 344 g/mol. The molecule has 1 amide bonds. The third-order valence-corrected chi connectivity index (χ3v) is 5.63. The van der Waals surface area contributed by atoms with Gasteiger partial charge in [0.05, 0.1) is 12.3 Å².